The van der Waals surface area contributed by atoms with Crippen LogP contribution < -0.4 is 0 Å². The second-order valence-electron chi connectivity index (χ2n) is 27.4. The molecule has 0 aliphatic carbocycles. The Kier molecular flexibility index (Phi) is 61.5. The first-order chi connectivity index (χ1) is 43.7. The molecule has 0 saturated carbocycles. The largest absolute Gasteiger partial charge is 0.472 e. The van der Waals surface area contributed by atoms with Crippen LogP contribution in [0.25, 0.3) is 0 Å². The summed E-state index contributed by atoms with van der Waals surface area (Å²) in [5.74, 6) is 0.104. The maximum Gasteiger partial charge on any atom is 0.472 e. The van der Waals surface area contributed by atoms with Crippen molar-refractivity contribution < 1.29 is 80.2 Å². The van der Waals surface area contributed by atoms with Crippen molar-refractivity contribution in [1.29, 1.82) is 0 Å². The summed E-state index contributed by atoms with van der Waals surface area (Å²) in [6.07, 6.45) is 47.2. The lowest BCUT2D eigenvalue weighted by molar-refractivity contribution is -0.161. The van der Waals surface area contributed by atoms with Gasteiger partial charge in [0, 0.05) is 25.7 Å². The lowest BCUT2D eigenvalue weighted by Gasteiger charge is -2.21. The molecule has 2 unspecified atom stereocenters. The fourth-order valence-corrected chi connectivity index (χ4v) is 12.5. The van der Waals surface area contributed by atoms with Gasteiger partial charge in [-0.05, 0) is 43.4 Å². The zero-order valence-electron chi connectivity index (χ0n) is 59.3. The van der Waals surface area contributed by atoms with Gasteiger partial charge >= 0.3 is 39.5 Å². The number of carbonyl (C=O) groups excluding carboxylic acids is 4. The summed E-state index contributed by atoms with van der Waals surface area (Å²) in [5.41, 5.74) is 0. The smallest absolute Gasteiger partial charge is 0.462 e. The molecule has 0 aliphatic heterocycles. The number of aliphatic hydroxyl groups is 1. The van der Waals surface area contributed by atoms with Crippen LogP contribution in [0, 0.1) is 17.8 Å². The number of hydrogen-bond acceptors (Lipinski definition) is 15. The Bertz CT molecular complexity index is 1780. The van der Waals surface area contributed by atoms with Crippen LogP contribution in [0.1, 0.15) is 363 Å². The average Bonchev–Trinajstić information content (AvgIpc) is 3.65. The first-order valence-electron chi connectivity index (χ1n) is 37.3. The van der Waals surface area contributed by atoms with Gasteiger partial charge in [0.05, 0.1) is 26.4 Å². The molecule has 91 heavy (non-hydrogen) atoms. The van der Waals surface area contributed by atoms with E-state index in [9.17, 15) is 43.2 Å². The zero-order valence-corrected chi connectivity index (χ0v) is 61.1. The van der Waals surface area contributed by atoms with Crippen LogP contribution in [-0.2, 0) is 65.4 Å². The molecular weight excluding hydrogens is 1200 g/mol. The Morgan fingerprint density at radius 2 is 0.505 bits per heavy atom. The Morgan fingerprint density at radius 1 is 0.297 bits per heavy atom. The minimum absolute atomic E-state index is 0.104. The number of rotatable bonds is 70. The highest BCUT2D eigenvalue weighted by atomic mass is 31.2. The van der Waals surface area contributed by atoms with E-state index in [1.54, 1.807) is 0 Å². The second-order valence-corrected chi connectivity index (χ2v) is 30.3. The van der Waals surface area contributed by atoms with Crippen LogP contribution in [-0.4, -0.2) is 96.7 Å². The molecule has 0 amide bonds. The Hall–Kier alpha value is -1.94. The fraction of sp³-hybridized carbons (Fsp3) is 0.944. The first kappa shape index (κ1) is 89.1. The highest BCUT2D eigenvalue weighted by molar-refractivity contribution is 7.47. The van der Waals surface area contributed by atoms with E-state index in [4.69, 9.17) is 37.0 Å². The molecule has 0 bridgehead atoms. The standard InChI is InChI=1S/C72H140O17P2/c1-8-9-10-11-12-13-14-16-20-25-32-39-46-53-69(74)82-59-67(88-71(76)55-48-41-33-26-21-18-15-17-19-23-29-36-43-50-63(2)3)61-86-90(78,79)84-57-66(73)58-85-91(80,81)87-62-68(60-83-70(75)54-47-40-35-28-31-38-45-52-65(6)7)89-72(77)56-49-42-34-27-22-24-30-37-44-51-64(4)5/h63-68,73H,8-62H2,1-7H3,(H,78,79)(H,80,81)/t66-,67-,68-/m1/s1. The van der Waals surface area contributed by atoms with Crippen molar-refractivity contribution in [3.8, 4) is 0 Å². The van der Waals surface area contributed by atoms with E-state index in [0.717, 1.165) is 108 Å². The maximum atomic E-state index is 13.0. The summed E-state index contributed by atoms with van der Waals surface area (Å²) in [7, 11) is -9.90. The molecule has 0 aromatic rings. The van der Waals surface area contributed by atoms with Crippen molar-refractivity contribution in [3.05, 3.63) is 0 Å². The zero-order chi connectivity index (χ0) is 67.3. The average molecular weight is 1340 g/mol. The van der Waals surface area contributed by atoms with Gasteiger partial charge in [-0.3, -0.25) is 37.3 Å². The second kappa shape index (κ2) is 62.8. The third-order valence-electron chi connectivity index (χ3n) is 16.6. The topological polar surface area (TPSA) is 237 Å². The van der Waals surface area contributed by atoms with Crippen molar-refractivity contribution in [2.24, 2.45) is 17.8 Å². The van der Waals surface area contributed by atoms with E-state index < -0.39 is 97.5 Å². The van der Waals surface area contributed by atoms with Gasteiger partial charge in [0.15, 0.2) is 12.2 Å². The molecule has 5 atom stereocenters. The summed E-state index contributed by atoms with van der Waals surface area (Å²) < 4.78 is 68.4. The molecule has 0 spiro atoms. The number of ether oxygens (including phenoxy) is 4. The summed E-state index contributed by atoms with van der Waals surface area (Å²) >= 11 is 0. The molecule has 17 nitrogen and oxygen atoms in total. The first-order valence-corrected chi connectivity index (χ1v) is 40.3. The highest BCUT2D eigenvalue weighted by Crippen LogP contribution is 2.45. The van der Waals surface area contributed by atoms with Crippen LogP contribution >= 0.6 is 15.6 Å². The third kappa shape index (κ3) is 66.5. The summed E-state index contributed by atoms with van der Waals surface area (Å²) in [6, 6.07) is 0. The quantitative estimate of drug-likeness (QED) is 0.0222. The van der Waals surface area contributed by atoms with Crippen molar-refractivity contribution in [2.75, 3.05) is 39.6 Å². The summed E-state index contributed by atoms with van der Waals surface area (Å²) in [4.78, 5) is 72.6. The SMILES string of the molecule is CCCCCCCCCCCCCCCC(=O)OC[C@H](COP(=O)(O)OC[C@@H](O)COP(=O)(O)OC[C@@H](COC(=O)CCCCCCCCCC(C)C)OC(=O)CCCCCCCCCCCC(C)C)OC(=O)CCCCCCCCCCCCCCCC(C)C. The lowest BCUT2D eigenvalue weighted by Crippen LogP contribution is -2.30. The summed E-state index contributed by atoms with van der Waals surface area (Å²) in [6.45, 7) is 11.8. The Labute approximate surface area is 556 Å². The van der Waals surface area contributed by atoms with Crippen LogP contribution in [0.5, 0.6) is 0 Å². The molecule has 0 radical (unpaired) electrons. The number of esters is 4. The Morgan fingerprint density at radius 3 is 0.747 bits per heavy atom. The monoisotopic (exact) mass is 1340 g/mol. The van der Waals surface area contributed by atoms with Gasteiger partial charge in [-0.2, -0.15) is 0 Å². The fourth-order valence-electron chi connectivity index (χ4n) is 10.9. The minimum Gasteiger partial charge on any atom is -0.462 e. The van der Waals surface area contributed by atoms with Crippen molar-refractivity contribution in [1.82, 2.24) is 0 Å². The number of aliphatic hydroxyl groups excluding tert-OH is 1. The van der Waals surface area contributed by atoms with E-state index in [-0.39, 0.29) is 25.7 Å². The maximum absolute atomic E-state index is 13.0. The Balaban J connectivity index is 5.25. The molecule has 0 saturated heterocycles. The van der Waals surface area contributed by atoms with E-state index >= 15 is 0 Å². The predicted molar refractivity (Wildman–Crippen MR) is 368 cm³/mol. The van der Waals surface area contributed by atoms with Gasteiger partial charge in [0.1, 0.15) is 19.3 Å². The molecule has 540 valence electrons. The number of hydrogen-bond donors (Lipinski definition) is 3. The van der Waals surface area contributed by atoms with Gasteiger partial charge in [-0.15, -0.1) is 0 Å². The molecule has 0 heterocycles. The lowest BCUT2D eigenvalue weighted by atomic mass is 10.0. The highest BCUT2D eigenvalue weighted by Gasteiger charge is 2.30. The van der Waals surface area contributed by atoms with Gasteiger partial charge < -0.3 is 33.8 Å². The summed E-state index contributed by atoms with van der Waals surface area (Å²) in [5, 5.41) is 10.6. The van der Waals surface area contributed by atoms with Crippen LogP contribution in [0.4, 0.5) is 0 Å². The molecule has 19 heteroatoms. The van der Waals surface area contributed by atoms with Gasteiger partial charge in [-0.1, -0.05) is 312 Å². The molecular formula is C72H140O17P2. The predicted octanol–water partition coefficient (Wildman–Crippen LogP) is 20.6. The van der Waals surface area contributed by atoms with Crippen LogP contribution in [0.15, 0.2) is 0 Å². The molecule has 0 aliphatic rings. The number of unbranched alkanes of at least 4 members (excludes halogenated alkanes) is 38. The normalized spacial score (nSPS) is 14.2. The van der Waals surface area contributed by atoms with Crippen molar-refractivity contribution >= 4 is 39.5 Å². The molecule has 0 aromatic heterocycles. The van der Waals surface area contributed by atoms with Gasteiger partial charge in [0.25, 0.3) is 0 Å². The molecule has 3 N–H and O–H groups in total. The van der Waals surface area contributed by atoms with Crippen molar-refractivity contribution in [3.63, 3.8) is 0 Å². The van der Waals surface area contributed by atoms with Crippen molar-refractivity contribution in [2.45, 2.75) is 381 Å². The van der Waals surface area contributed by atoms with Crippen LogP contribution in [0.3, 0.4) is 0 Å². The minimum atomic E-state index is -4.95. The number of phosphoric ester groups is 2. The molecule has 0 aromatic carbocycles. The van der Waals surface area contributed by atoms with E-state index in [0.29, 0.717) is 31.6 Å². The van der Waals surface area contributed by atoms with Gasteiger partial charge in [-0.25, -0.2) is 9.13 Å². The van der Waals surface area contributed by atoms with Gasteiger partial charge in [0.2, 0.25) is 0 Å². The number of carbonyl (C=O) groups is 4. The molecule has 0 fully saturated rings. The van der Waals surface area contributed by atoms with E-state index in [1.807, 2.05) is 0 Å². The number of phosphoric acid groups is 2. The molecule has 0 rings (SSSR count). The third-order valence-corrected chi connectivity index (χ3v) is 18.5. The van der Waals surface area contributed by atoms with E-state index in [1.165, 1.54) is 167 Å². The van der Waals surface area contributed by atoms with E-state index in [2.05, 4.69) is 48.5 Å². The van der Waals surface area contributed by atoms with Crippen LogP contribution in [0.2, 0.25) is 0 Å².